The van der Waals surface area contributed by atoms with Gasteiger partial charge in [0.1, 0.15) is 11.5 Å². The molecule has 0 saturated carbocycles. The molecule has 0 fully saturated rings. The predicted molar refractivity (Wildman–Crippen MR) is 112 cm³/mol. The summed E-state index contributed by atoms with van der Waals surface area (Å²) < 4.78 is 0. The molecule has 0 radical (unpaired) electrons. The van der Waals surface area contributed by atoms with Gasteiger partial charge >= 0.3 is 0 Å². The van der Waals surface area contributed by atoms with Crippen molar-refractivity contribution in [1.29, 1.82) is 0 Å². The smallest absolute Gasteiger partial charge is 0.275 e. The second-order valence-electron chi connectivity index (χ2n) is 7.09. The SMILES string of the molecule is Cc1cc(C)c(NC(=O)c2cnc(N3CCc4ccccc4C3)cn2)c(Cl)c1. The van der Waals surface area contributed by atoms with Crippen LogP contribution in [0.5, 0.6) is 0 Å². The van der Waals surface area contributed by atoms with Crippen molar-refractivity contribution in [3.8, 4) is 0 Å². The van der Waals surface area contributed by atoms with Crippen LogP contribution in [0.4, 0.5) is 11.5 Å². The van der Waals surface area contributed by atoms with Crippen molar-refractivity contribution >= 4 is 29.0 Å². The van der Waals surface area contributed by atoms with E-state index in [1.807, 2.05) is 26.0 Å². The molecule has 2 aromatic carbocycles. The monoisotopic (exact) mass is 392 g/mol. The zero-order valence-corrected chi connectivity index (χ0v) is 16.6. The molecule has 0 atom stereocenters. The van der Waals surface area contributed by atoms with Crippen LogP contribution in [0.1, 0.15) is 32.7 Å². The van der Waals surface area contributed by atoms with E-state index in [1.165, 1.54) is 17.3 Å². The molecule has 0 aliphatic carbocycles. The average Bonchev–Trinajstić information content (AvgIpc) is 2.70. The molecule has 1 N–H and O–H groups in total. The number of carbonyl (C=O) groups is 1. The van der Waals surface area contributed by atoms with Gasteiger partial charge in [0.15, 0.2) is 0 Å². The molecule has 1 aliphatic heterocycles. The third-order valence-corrected chi connectivity index (χ3v) is 5.29. The molecular formula is C22H21ClN4O. The Morgan fingerprint density at radius 2 is 1.89 bits per heavy atom. The Kier molecular flexibility index (Phi) is 5.01. The molecule has 3 aromatic rings. The summed E-state index contributed by atoms with van der Waals surface area (Å²) in [4.78, 5) is 23.5. The molecule has 0 spiro atoms. The van der Waals surface area contributed by atoms with Crippen molar-refractivity contribution in [2.24, 2.45) is 0 Å². The van der Waals surface area contributed by atoms with Gasteiger partial charge in [-0.15, -0.1) is 0 Å². The standard InChI is InChI=1S/C22H21ClN4O/c1-14-9-15(2)21(18(23)10-14)26-22(28)19-11-25-20(12-24-19)27-8-7-16-5-3-4-6-17(16)13-27/h3-6,9-12H,7-8,13H2,1-2H3,(H,26,28). The number of amides is 1. The maximum atomic E-state index is 12.6. The minimum Gasteiger partial charge on any atom is -0.351 e. The molecule has 142 valence electrons. The fraction of sp³-hybridized carbons (Fsp3) is 0.227. The lowest BCUT2D eigenvalue weighted by Crippen LogP contribution is -2.31. The van der Waals surface area contributed by atoms with Crippen LogP contribution in [0.3, 0.4) is 0 Å². The van der Waals surface area contributed by atoms with Gasteiger partial charge in [-0.1, -0.05) is 41.9 Å². The highest BCUT2D eigenvalue weighted by molar-refractivity contribution is 6.34. The second kappa shape index (κ2) is 7.60. The largest absolute Gasteiger partial charge is 0.351 e. The Morgan fingerprint density at radius 3 is 2.61 bits per heavy atom. The maximum Gasteiger partial charge on any atom is 0.275 e. The highest BCUT2D eigenvalue weighted by atomic mass is 35.5. The third kappa shape index (κ3) is 3.71. The first-order valence-corrected chi connectivity index (χ1v) is 9.61. The minimum absolute atomic E-state index is 0.261. The number of hydrogen-bond acceptors (Lipinski definition) is 4. The van der Waals surface area contributed by atoms with Crippen LogP contribution < -0.4 is 10.2 Å². The first-order valence-electron chi connectivity index (χ1n) is 9.23. The molecular weight excluding hydrogens is 372 g/mol. The molecule has 4 rings (SSSR count). The number of halogens is 1. The van der Waals surface area contributed by atoms with E-state index in [-0.39, 0.29) is 11.6 Å². The number of benzene rings is 2. The van der Waals surface area contributed by atoms with Crippen molar-refractivity contribution in [1.82, 2.24) is 9.97 Å². The summed E-state index contributed by atoms with van der Waals surface area (Å²) in [7, 11) is 0. The minimum atomic E-state index is -0.322. The maximum absolute atomic E-state index is 12.6. The molecule has 0 bridgehead atoms. The number of nitrogens with zero attached hydrogens (tertiary/aromatic N) is 3. The summed E-state index contributed by atoms with van der Waals surface area (Å²) in [6.07, 6.45) is 4.15. The lowest BCUT2D eigenvalue weighted by molar-refractivity contribution is 0.102. The van der Waals surface area contributed by atoms with Crippen molar-refractivity contribution in [2.45, 2.75) is 26.8 Å². The van der Waals surface area contributed by atoms with E-state index in [0.29, 0.717) is 10.7 Å². The molecule has 2 heterocycles. The lowest BCUT2D eigenvalue weighted by atomic mass is 10.0. The fourth-order valence-electron chi connectivity index (χ4n) is 3.54. The van der Waals surface area contributed by atoms with E-state index >= 15 is 0 Å². The molecule has 5 nitrogen and oxygen atoms in total. The third-order valence-electron chi connectivity index (χ3n) is 5.00. The summed E-state index contributed by atoms with van der Waals surface area (Å²) >= 11 is 6.28. The van der Waals surface area contributed by atoms with Gasteiger partial charge in [0.2, 0.25) is 0 Å². The van der Waals surface area contributed by atoms with Crippen molar-refractivity contribution in [3.63, 3.8) is 0 Å². The van der Waals surface area contributed by atoms with Crippen LogP contribution in [-0.2, 0) is 13.0 Å². The van der Waals surface area contributed by atoms with Crippen LogP contribution in [-0.4, -0.2) is 22.4 Å². The number of aromatic nitrogens is 2. The zero-order valence-electron chi connectivity index (χ0n) is 15.9. The molecule has 0 saturated heterocycles. The number of carbonyl (C=O) groups excluding carboxylic acids is 1. The predicted octanol–water partition coefficient (Wildman–Crippen LogP) is 4.56. The van der Waals surface area contributed by atoms with Gasteiger partial charge in [-0.25, -0.2) is 9.97 Å². The Morgan fingerprint density at radius 1 is 1.11 bits per heavy atom. The number of nitrogens with one attached hydrogen (secondary N) is 1. The molecule has 6 heteroatoms. The van der Waals surface area contributed by atoms with E-state index < -0.39 is 0 Å². The van der Waals surface area contributed by atoms with Crippen LogP contribution in [0.25, 0.3) is 0 Å². The molecule has 1 aliphatic rings. The highest BCUT2D eigenvalue weighted by Gasteiger charge is 2.18. The first kappa shape index (κ1) is 18.4. The van der Waals surface area contributed by atoms with Gasteiger partial charge in [-0.05, 0) is 48.6 Å². The van der Waals surface area contributed by atoms with Gasteiger partial charge < -0.3 is 10.2 Å². The van der Waals surface area contributed by atoms with Gasteiger partial charge in [0.05, 0.1) is 23.1 Å². The average molecular weight is 393 g/mol. The summed E-state index contributed by atoms with van der Waals surface area (Å²) in [5.41, 5.74) is 5.52. The van der Waals surface area contributed by atoms with Crippen LogP contribution in [0, 0.1) is 13.8 Å². The van der Waals surface area contributed by atoms with Gasteiger partial charge in [0, 0.05) is 13.1 Å². The number of fused-ring (bicyclic) bond motifs is 1. The Balaban J connectivity index is 1.49. The second-order valence-corrected chi connectivity index (χ2v) is 7.50. The zero-order chi connectivity index (χ0) is 19.7. The Labute approximate surface area is 169 Å². The van der Waals surface area contributed by atoms with Gasteiger partial charge in [-0.2, -0.15) is 0 Å². The van der Waals surface area contributed by atoms with Crippen molar-refractivity contribution in [3.05, 3.63) is 81.8 Å². The van der Waals surface area contributed by atoms with Gasteiger partial charge in [-0.3, -0.25) is 4.79 Å². The number of aryl methyl sites for hydroxylation is 2. The summed E-state index contributed by atoms with van der Waals surface area (Å²) in [6.45, 7) is 5.56. The molecule has 1 aromatic heterocycles. The summed E-state index contributed by atoms with van der Waals surface area (Å²) in [6, 6.07) is 12.2. The van der Waals surface area contributed by atoms with E-state index in [0.717, 1.165) is 36.5 Å². The van der Waals surface area contributed by atoms with E-state index in [1.54, 1.807) is 6.20 Å². The van der Waals surface area contributed by atoms with Crippen molar-refractivity contribution < 1.29 is 4.79 Å². The van der Waals surface area contributed by atoms with Crippen LogP contribution >= 0.6 is 11.6 Å². The lowest BCUT2D eigenvalue weighted by Gasteiger charge is -2.29. The first-order chi connectivity index (χ1) is 13.5. The number of hydrogen-bond donors (Lipinski definition) is 1. The summed E-state index contributed by atoms with van der Waals surface area (Å²) in [5.74, 6) is 0.451. The van der Waals surface area contributed by atoms with E-state index in [2.05, 4.69) is 44.5 Å². The van der Waals surface area contributed by atoms with Crippen LogP contribution in [0.2, 0.25) is 5.02 Å². The van der Waals surface area contributed by atoms with Crippen molar-refractivity contribution in [2.75, 3.05) is 16.8 Å². The van der Waals surface area contributed by atoms with Crippen LogP contribution in [0.15, 0.2) is 48.8 Å². The molecule has 0 unspecified atom stereocenters. The van der Waals surface area contributed by atoms with E-state index in [4.69, 9.17) is 11.6 Å². The Hall–Kier alpha value is -2.92. The number of rotatable bonds is 3. The fourth-order valence-corrected chi connectivity index (χ4v) is 3.91. The van der Waals surface area contributed by atoms with E-state index in [9.17, 15) is 4.79 Å². The molecule has 1 amide bonds. The highest BCUT2D eigenvalue weighted by Crippen LogP contribution is 2.28. The number of anilines is 2. The quantitative estimate of drug-likeness (QED) is 0.709. The topological polar surface area (TPSA) is 58.1 Å². The van der Waals surface area contributed by atoms with Gasteiger partial charge in [0.25, 0.3) is 5.91 Å². The normalized spacial score (nSPS) is 13.2. The summed E-state index contributed by atoms with van der Waals surface area (Å²) in [5, 5.41) is 3.36. The molecule has 28 heavy (non-hydrogen) atoms. The Bertz CT molecular complexity index is 1010.